The van der Waals surface area contributed by atoms with E-state index in [2.05, 4.69) is 38.3 Å². The van der Waals surface area contributed by atoms with Gasteiger partial charge in [0.05, 0.1) is 0 Å². The Morgan fingerprint density at radius 2 is 1.92 bits per heavy atom. The topological polar surface area (TPSA) is 28.7 Å². The fourth-order valence-corrected chi connectivity index (χ4v) is 1.94. The maximum atomic E-state index is 4.06. The van der Waals surface area contributed by atoms with Gasteiger partial charge in [-0.3, -0.25) is 5.10 Å². The molecule has 1 aromatic heterocycles. The summed E-state index contributed by atoms with van der Waals surface area (Å²) in [5.41, 5.74) is 0. The molecule has 1 N–H and O–H groups in total. The van der Waals surface area contributed by atoms with Crippen LogP contribution in [0.2, 0.25) is 0 Å². The standard InChI is InChI=1S/C9H7BrN2S/c10-7-1-3-8(4-2-7)13-9-5-6-11-12-9/h1-6H,(H,11,12). The Kier molecular flexibility index (Phi) is 2.71. The van der Waals surface area contributed by atoms with Crippen LogP contribution in [-0.2, 0) is 0 Å². The Bertz CT molecular complexity index is 369. The minimum Gasteiger partial charge on any atom is -0.285 e. The van der Waals surface area contributed by atoms with Gasteiger partial charge in [-0.15, -0.1) is 0 Å². The minimum absolute atomic E-state index is 0.988. The maximum Gasteiger partial charge on any atom is 0.123 e. The number of rotatable bonds is 2. The van der Waals surface area contributed by atoms with Crippen molar-refractivity contribution in [3.8, 4) is 0 Å². The zero-order valence-corrected chi connectivity index (χ0v) is 9.10. The van der Waals surface area contributed by atoms with Crippen molar-refractivity contribution < 1.29 is 0 Å². The first kappa shape index (κ1) is 8.84. The summed E-state index contributed by atoms with van der Waals surface area (Å²) in [7, 11) is 0. The molecule has 0 saturated heterocycles. The average Bonchev–Trinajstić information content (AvgIpc) is 2.62. The molecule has 0 aliphatic heterocycles. The Hall–Kier alpha value is -0.740. The zero-order chi connectivity index (χ0) is 9.10. The third kappa shape index (κ3) is 2.35. The van der Waals surface area contributed by atoms with Gasteiger partial charge >= 0.3 is 0 Å². The van der Waals surface area contributed by atoms with Gasteiger partial charge < -0.3 is 0 Å². The van der Waals surface area contributed by atoms with Gasteiger partial charge in [-0.25, -0.2) is 0 Å². The van der Waals surface area contributed by atoms with Crippen LogP contribution in [0.25, 0.3) is 0 Å². The molecule has 0 atom stereocenters. The molecule has 0 radical (unpaired) electrons. The van der Waals surface area contributed by atoms with Gasteiger partial charge in [0.2, 0.25) is 0 Å². The number of aromatic nitrogens is 2. The second kappa shape index (κ2) is 3.98. The number of nitrogens with zero attached hydrogens (tertiary/aromatic N) is 1. The summed E-state index contributed by atoms with van der Waals surface area (Å²) in [4.78, 5) is 1.19. The SMILES string of the molecule is Brc1ccc(Sc2cc[nH]n2)cc1. The van der Waals surface area contributed by atoms with Crippen LogP contribution in [0.1, 0.15) is 0 Å². The van der Waals surface area contributed by atoms with Crippen LogP contribution in [0.15, 0.2) is 50.9 Å². The van der Waals surface area contributed by atoms with Gasteiger partial charge in [0, 0.05) is 15.6 Å². The summed E-state index contributed by atoms with van der Waals surface area (Å²) in [6, 6.07) is 10.1. The number of aromatic amines is 1. The van der Waals surface area contributed by atoms with Crippen molar-refractivity contribution in [1.29, 1.82) is 0 Å². The normalized spacial score (nSPS) is 10.2. The lowest BCUT2D eigenvalue weighted by molar-refractivity contribution is 1.00. The predicted octanol–water partition coefficient (Wildman–Crippen LogP) is 3.32. The Labute approximate surface area is 88.9 Å². The van der Waals surface area contributed by atoms with E-state index in [9.17, 15) is 0 Å². The van der Waals surface area contributed by atoms with Crippen LogP contribution >= 0.6 is 27.7 Å². The molecule has 4 heteroatoms. The van der Waals surface area contributed by atoms with E-state index in [4.69, 9.17) is 0 Å². The monoisotopic (exact) mass is 254 g/mol. The summed E-state index contributed by atoms with van der Waals surface area (Å²) in [5, 5.41) is 7.83. The van der Waals surface area contributed by atoms with Crippen LogP contribution in [0.5, 0.6) is 0 Å². The molecular weight excluding hydrogens is 248 g/mol. The molecule has 2 nitrogen and oxygen atoms in total. The number of benzene rings is 1. The van der Waals surface area contributed by atoms with E-state index < -0.39 is 0 Å². The first-order valence-corrected chi connectivity index (χ1v) is 5.39. The molecule has 0 fully saturated rings. The largest absolute Gasteiger partial charge is 0.285 e. The van der Waals surface area contributed by atoms with Crippen molar-refractivity contribution in [1.82, 2.24) is 10.2 Å². The van der Waals surface area contributed by atoms with E-state index in [1.807, 2.05) is 24.4 Å². The molecule has 13 heavy (non-hydrogen) atoms. The Morgan fingerprint density at radius 3 is 2.54 bits per heavy atom. The van der Waals surface area contributed by atoms with E-state index in [0.717, 1.165) is 9.50 Å². The van der Waals surface area contributed by atoms with E-state index in [-0.39, 0.29) is 0 Å². The van der Waals surface area contributed by atoms with Crippen LogP contribution in [0.3, 0.4) is 0 Å². The maximum absolute atomic E-state index is 4.06. The number of halogens is 1. The molecule has 2 rings (SSSR count). The van der Waals surface area contributed by atoms with E-state index in [0.29, 0.717) is 0 Å². The number of H-pyrrole nitrogens is 1. The second-order valence-electron chi connectivity index (χ2n) is 2.47. The van der Waals surface area contributed by atoms with Crippen molar-refractivity contribution in [3.05, 3.63) is 41.0 Å². The molecular formula is C9H7BrN2S. The molecule has 0 aliphatic rings. The highest BCUT2D eigenvalue weighted by Gasteiger charge is 1.97. The van der Waals surface area contributed by atoms with Crippen LogP contribution in [-0.4, -0.2) is 10.2 Å². The highest BCUT2D eigenvalue weighted by atomic mass is 79.9. The average molecular weight is 255 g/mol. The molecule has 1 heterocycles. The summed E-state index contributed by atoms with van der Waals surface area (Å²) in [5.74, 6) is 0. The number of hydrogen-bond donors (Lipinski definition) is 1. The van der Waals surface area contributed by atoms with Gasteiger partial charge in [0.1, 0.15) is 5.03 Å². The fraction of sp³-hybridized carbons (Fsp3) is 0. The van der Waals surface area contributed by atoms with Crippen LogP contribution < -0.4 is 0 Å². The lowest BCUT2D eigenvalue weighted by Gasteiger charge is -1.96. The van der Waals surface area contributed by atoms with Gasteiger partial charge in [-0.05, 0) is 30.3 Å². The molecule has 0 aliphatic carbocycles. The number of hydrogen-bond acceptors (Lipinski definition) is 2. The summed E-state index contributed by atoms with van der Waals surface area (Å²) in [6.45, 7) is 0. The number of nitrogens with one attached hydrogen (secondary N) is 1. The van der Waals surface area contributed by atoms with Gasteiger partial charge in [0.15, 0.2) is 0 Å². The smallest absolute Gasteiger partial charge is 0.123 e. The summed E-state index contributed by atoms with van der Waals surface area (Å²) < 4.78 is 1.10. The third-order valence-corrected chi connectivity index (χ3v) is 2.98. The van der Waals surface area contributed by atoms with Crippen molar-refractivity contribution in [2.24, 2.45) is 0 Å². The second-order valence-corrected chi connectivity index (χ2v) is 4.48. The Morgan fingerprint density at radius 1 is 1.15 bits per heavy atom. The van der Waals surface area contributed by atoms with Crippen LogP contribution in [0.4, 0.5) is 0 Å². The molecule has 0 amide bonds. The molecule has 1 aromatic carbocycles. The molecule has 0 spiro atoms. The summed E-state index contributed by atoms with van der Waals surface area (Å²) >= 11 is 5.03. The lowest BCUT2D eigenvalue weighted by atomic mass is 10.4. The molecule has 0 saturated carbocycles. The predicted molar refractivity (Wildman–Crippen MR) is 56.9 cm³/mol. The van der Waals surface area contributed by atoms with E-state index >= 15 is 0 Å². The first-order valence-electron chi connectivity index (χ1n) is 3.78. The highest BCUT2D eigenvalue weighted by molar-refractivity contribution is 9.10. The Balaban J connectivity index is 2.15. The van der Waals surface area contributed by atoms with Crippen molar-refractivity contribution in [2.45, 2.75) is 9.92 Å². The van der Waals surface area contributed by atoms with Crippen molar-refractivity contribution in [2.75, 3.05) is 0 Å². The van der Waals surface area contributed by atoms with Gasteiger partial charge in [-0.1, -0.05) is 27.7 Å². The molecule has 66 valence electrons. The van der Waals surface area contributed by atoms with Crippen molar-refractivity contribution in [3.63, 3.8) is 0 Å². The molecule has 0 unspecified atom stereocenters. The zero-order valence-electron chi connectivity index (χ0n) is 6.70. The van der Waals surface area contributed by atoms with E-state index in [1.165, 1.54) is 4.90 Å². The lowest BCUT2D eigenvalue weighted by Crippen LogP contribution is -1.73. The highest BCUT2D eigenvalue weighted by Crippen LogP contribution is 2.26. The molecule has 0 bridgehead atoms. The summed E-state index contributed by atoms with van der Waals surface area (Å²) in [6.07, 6.45) is 1.82. The van der Waals surface area contributed by atoms with E-state index in [1.54, 1.807) is 11.8 Å². The van der Waals surface area contributed by atoms with Gasteiger partial charge in [0.25, 0.3) is 0 Å². The quantitative estimate of drug-likeness (QED) is 0.891. The first-order chi connectivity index (χ1) is 6.34. The fourth-order valence-electron chi connectivity index (χ4n) is 0.927. The van der Waals surface area contributed by atoms with Gasteiger partial charge in [-0.2, -0.15) is 5.10 Å². The van der Waals surface area contributed by atoms with Crippen molar-refractivity contribution >= 4 is 27.7 Å². The third-order valence-electron chi connectivity index (χ3n) is 1.51. The van der Waals surface area contributed by atoms with Crippen LogP contribution in [0, 0.1) is 0 Å². The molecule has 2 aromatic rings. The minimum atomic E-state index is 0.988.